The fourth-order valence-corrected chi connectivity index (χ4v) is 2.07. The van der Waals surface area contributed by atoms with E-state index in [0.29, 0.717) is 5.82 Å². The number of hydrogen-bond donors (Lipinski definition) is 1. The average Bonchev–Trinajstić information content (AvgIpc) is 2.32. The smallest absolute Gasteiger partial charge is 0.123 e. The van der Waals surface area contributed by atoms with Crippen LogP contribution in [0.3, 0.4) is 0 Å². The number of nitrogens with zero attached hydrogens (tertiary/aromatic N) is 2. The van der Waals surface area contributed by atoms with Crippen molar-refractivity contribution < 1.29 is 0 Å². The quantitative estimate of drug-likeness (QED) is 0.920. The topological polar surface area (TPSA) is 42.2 Å². The molecule has 2 N–H and O–H groups in total. The molecule has 0 spiro atoms. The van der Waals surface area contributed by atoms with Crippen LogP contribution in [0.15, 0.2) is 42.6 Å². The van der Waals surface area contributed by atoms with Gasteiger partial charge in [0, 0.05) is 24.3 Å². The fourth-order valence-electron chi connectivity index (χ4n) is 1.88. The van der Waals surface area contributed by atoms with Gasteiger partial charge in [-0.3, -0.25) is 4.90 Å². The number of hydrogen-bond acceptors (Lipinski definition) is 3. The highest BCUT2D eigenvalue weighted by molar-refractivity contribution is 6.31. The monoisotopic (exact) mass is 261 g/mol. The van der Waals surface area contributed by atoms with Crippen LogP contribution in [-0.2, 0) is 13.1 Å². The van der Waals surface area contributed by atoms with Crippen LogP contribution in [0.2, 0.25) is 5.02 Å². The van der Waals surface area contributed by atoms with Crippen LogP contribution in [0.4, 0.5) is 5.82 Å². The maximum absolute atomic E-state index is 6.14. The predicted octanol–water partition coefficient (Wildman–Crippen LogP) is 2.95. The molecule has 1 aromatic heterocycles. The second kappa shape index (κ2) is 5.85. The molecule has 4 heteroatoms. The summed E-state index contributed by atoms with van der Waals surface area (Å²) in [6, 6.07) is 11.8. The summed E-state index contributed by atoms with van der Waals surface area (Å²) in [5.41, 5.74) is 7.94. The predicted molar refractivity (Wildman–Crippen MR) is 75.3 cm³/mol. The van der Waals surface area contributed by atoms with Crippen molar-refractivity contribution in [2.24, 2.45) is 0 Å². The lowest BCUT2D eigenvalue weighted by Crippen LogP contribution is -2.17. The van der Waals surface area contributed by atoms with E-state index >= 15 is 0 Å². The molecule has 0 atom stereocenters. The number of anilines is 1. The van der Waals surface area contributed by atoms with E-state index in [0.717, 1.165) is 29.2 Å². The minimum atomic E-state index is 0.554. The molecule has 1 heterocycles. The van der Waals surface area contributed by atoms with Gasteiger partial charge in [-0.1, -0.05) is 29.8 Å². The first-order chi connectivity index (χ1) is 8.65. The molecular formula is C14H16ClN3. The van der Waals surface area contributed by atoms with Gasteiger partial charge in [0.25, 0.3) is 0 Å². The summed E-state index contributed by atoms with van der Waals surface area (Å²) in [6.45, 7) is 1.62. The van der Waals surface area contributed by atoms with Crippen molar-refractivity contribution in [3.8, 4) is 0 Å². The molecule has 0 radical (unpaired) electrons. The van der Waals surface area contributed by atoms with Gasteiger partial charge < -0.3 is 5.73 Å². The van der Waals surface area contributed by atoms with Gasteiger partial charge in [-0.15, -0.1) is 0 Å². The summed E-state index contributed by atoms with van der Waals surface area (Å²) in [4.78, 5) is 6.17. The van der Waals surface area contributed by atoms with Gasteiger partial charge in [-0.2, -0.15) is 0 Å². The first-order valence-electron chi connectivity index (χ1n) is 5.77. The minimum absolute atomic E-state index is 0.554. The summed E-state index contributed by atoms with van der Waals surface area (Å²) in [5, 5.41) is 0.804. The number of benzene rings is 1. The minimum Gasteiger partial charge on any atom is -0.384 e. The molecule has 0 aliphatic heterocycles. The lowest BCUT2D eigenvalue weighted by molar-refractivity contribution is 0.319. The van der Waals surface area contributed by atoms with Crippen molar-refractivity contribution in [2.45, 2.75) is 13.1 Å². The Morgan fingerprint density at radius 1 is 1.22 bits per heavy atom. The van der Waals surface area contributed by atoms with Gasteiger partial charge in [-0.25, -0.2) is 4.98 Å². The second-order valence-corrected chi connectivity index (χ2v) is 4.76. The molecule has 0 bridgehead atoms. The van der Waals surface area contributed by atoms with E-state index in [-0.39, 0.29) is 0 Å². The Morgan fingerprint density at radius 2 is 2.00 bits per heavy atom. The third-order valence-electron chi connectivity index (χ3n) is 2.70. The van der Waals surface area contributed by atoms with E-state index in [1.54, 1.807) is 6.20 Å². The van der Waals surface area contributed by atoms with Gasteiger partial charge in [0.15, 0.2) is 0 Å². The van der Waals surface area contributed by atoms with Crippen LogP contribution in [0.25, 0.3) is 0 Å². The highest BCUT2D eigenvalue weighted by Crippen LogP contribution is 2.17. The molecule has 2 aromatic rings. The summed E-state index contributed by atoms with van der Waals surface area (Å²) >= 11 is 6.14. The van der Waals surface area contributed by atoms with Crippen LogP contribution in [0.1, 0.15) is 11.1 Å². The molecule has 0 amide bonds. The van der Waals surface area contributed by atoms with Crippen molar-refractivity contribution in [2.75, 3.05) is 12.8 Å². The van der Waals surface area contributed by atoms with E-state index in [1.807, 2.05) is 36.4 Å². The van der Waals surface area contributed by atoms with Crippen molar-refractivity contribution in [1.82, 2.24) is 9.88 Å². The van der Waals surface area contributed by atoms with Gasteiger partial charge in [0.1, 0.15) is 5.82 Å². The Bertz CT molecular complexity index is 528. The first kappa shape index (κ1) is 12.9. The highest BCUT2D eigenvalue weighted by Gasteiger charge is 2.05. The molecule has 1 aromatic carbocycles. The zero-order valence-electron chi connectivity index (χ0n) is 10.3. The van der Waals surface area contributed by atoms with E-state index in [1.165, 1.54) is 0 Å². The zero-order chi connectivity index (χ0) is 13.0. The molecule has 0 aliphatic carbocycles. The highest BCUT2D eigenvalue weighted by atomic mass is 35.5. The normalized spacial score (nSPS) is 10.8. The Kier molecular flexibility index (Phi) is 4.18. The molecule has 0 saturated heterocycles. The zero-order valence-corrected chi connectivity index (χ0v) is 11.1. The van der Waals surface area contributed by atoms with E-state index < -0.39 is 0 Å². The molecule has 3 nitrogen and oxygen atoms in total. The number of halogens is 1. The Balaban J connectivity index is 2.01. The lowest BCUT2D eigenvalue weighted by atomic mass is 10.2. The fraction of sp³-hybridized carbons (Fsp3) is 0.214. The average molecular weight is 262 g/mol. The number of nitrogen functional groups attached to an aromatic ring is 1. The molecule has 0 fully saturated rings. The molecule has 0 saturated carbocycles. The summed E-state index contributed by atoms with van der Waals surface area (Å²) < 4.78 is 0. The third-order valence-corrected chi connectivity index (χ3v) is 3.06. The third kappa shape index (κ3) is 3.45. The van der Waals surface area contributed by atoms with E-state index in [4.69, 9.17) is 17.3 Å². The Hall–Kier alpha value is -1.58. The maximum atomic E-state index is 6.14. The van der Waals surface area contributed by atoms with Crippen LogP contribution in [-0.4, -0.2) is 16.9 Å². The van der Waals surface area contributed by atoms with Crippen molar-refractivity contribution in [3.63, 3.8) is 0 Å². The molecule has 18 heavy (non-hydrogen) atoms. The van der Waals surface area contributed by atoms with Gasteiger partial charge in [0.05, 0.1) is 0 Å². The Morgan fingerprint density at radius 3 is 2.72 bits per heavy atom. The van der Waals surface area contributed by atoms with Gasteiger partial charge in [0.2, 0.25) is 0 Å². The van der Waals surface area contributed by atoms with Crippen LogP contribution < -0.4 is 5.73 Å². The molecule has 0 unspecified atom stereocenters. The number of pyridine rings is 1. The number of rotatable bonds is 4. The standard InChI is InChI=1S/C14H16ClN3/c1-18(9-11-6-7-17-14(16)8-11)10-12-4-2-3-5-13(12)15/h2-8H,9-10H2,1H3,(H2,16,17). The van der Waals surface area contributed by atoms with Crippen molar-refractivity contribution in [1.29, 1.82) is 0 Å². The SMILES string of the molecule is CN(Cc1ccnc(N)c1)Cc1ccccc1Cl. The largest absolute Gasteiger partial charge is 0.384 e. The van der Waals surface area contributed by atoms with Crippen molar-refractivity contribution >= 4 is 17.4 Å². The van der Waals surface area contributed by atoms with Gasteiger partial charge >= 0.3 is 0 Å². The first-order valence-corrected chi connectivity index (χ1v) is 6.15. The van der Waals surface area contributed by atoms with E-state index in [9.17, 15) is 0 Å². The molecule has 0 aliphatic rings. The van der Waals surface area contributed by atoms with E-state index in [2.05, 4.69) is 16.9 Å². The lowest BCUT2D eigenvalue weighted by Gasteiger charge is -2.17. The van der Waals surface area contributed by atoms with Gasteiger partial charge in [-0.05, 0) is 36.4 Å². The summed E-state index contributed by atoms with van der Waals surface area (Å²) in [6.07, 6.45) is 1.73. The molecule has 2 rings (SSSR count). The van der Waals surface area contributed by atoms with Crippen molar-refractivity contribution in [3.05, 3.63) is 58.7 Å². The summed E-state index contributed by atoms with van der Waals surface area (Å²) in [7, 11) is 2.06. The van der Waals surface area contributed by atoms with Crippen LogP contribution >= 0.6 is 11.6 Å². The van der Waals surface area contributed by atoms with Crippen LogP contribution in [0.5, 0.6) is 0 Å². The maximum Gasteiger partial charge on any atom is 0.123 e. The summed E-state index contributed by atoms with van der Waals surface area (Å²) in [5.74, 6) is 0.554. The second-order valence-electron chi connectivity index (χ2n) is 4.35. The number of aromatic nitrogens is 1. The number of nitrogens with two attached hydrogens (primary N) is 1. The molecular weight excluding hydrogens is 246 g/mol. The Labute approximate surface area is 112 Å². The molecule has 94 valence electrons. The van der Waals surface area contributed by atoms with Crippen LogP contribution in [0, 0.1) is 0 Å².